The van der Waals surface area contributed by atoms with Gasteiger partial charge in [-0.05, 0) is 73.0 Å². The molecule has 6 rings (SSSR count). The average molecular weight is 683 g/mol. The number of nitriles is 1. The molecule has 0 spiro atoms. The summed E-state index contributed by atoms with van der Waals surface area (Å²) in [5, 5.41) is 12.7. The van der Waals surface area contributed by atoms with Crippen molar-refractivity contribution in [2.24, 2.45) is 0 Å². The number of fused-ring (bicyclic) bond motifs is 1. The number of carbonyl (C=O) groups is 1. The number of carbonyl (C=O) groups excluding carboxylic acids is 1. The molecule has 1 amide bonds. The minimum absolute atomic E-state index is 0.0199. The first-order valence-electron chi connectivity index (χ1n) is 14.3. The number of piperidine rings is 1. The van der Waals surface area contributed by atoms with Gasteiger partial charge in [-0.2, -0.15) is 22.7 Å². The maximum absolute atomic E-state index is 13.8. The fourth-order valence-corrected chi connectivity index (χ4v) is 7.90. The van der Waals surface area contributed by atoms with Crippen molar-refractivity contribution in [1.29, 1.82) is 5.26 Å². The SMILES string of the molecule is N#C/C(C(=O)Nc1cccc(S(=O)(=O)N2CCCCC2)c1)=c1\s/c(=C\c2ccc3c(c2)OCO3)c(=O)n1-c1cccc(C(F)(F)F)c1. The maximum atomic E-state index is 13.8. The molecule has 0 atom stereocenters. The van der Waals surface area contributed by atoms with Gasteiger partial charge in [0.15, 0.2) is 17.1 Å². The van der Waals surface area contributed by atoms with E-state index in [-0.39, 0.29) is 32.3 Å². The molecule has 1 N–H and O–H groups in total. The van der Waals surface area contributed by atoms with E-state index < -0.39 is 38.8 Å². The van der Waals surface area contributed by atoms with Crippen molar-refractivity contribution in [2.45, 2.75) is 30.3 Å². The number of halogens is 3. The zero-order chi connectivity index (χ0) is 33.3. The number of nitrogens with zero attached hydrogens (tertiary/aromatic N) is 3. The van der Waals surface area contributed by atoms with E-state index >= 15 is 0 Å². The Balaban J connectivity index is 1.46. The lowest BCUT2D eigenvalue weighted by Crippen LogP contribution is -2.35. The van der Waals surface area contributed by atoms with E-state index in [9.17, 15) is 36.4 Å². The second-order valence-corrected chi connectivity index (χ2v) is 13.6. The molecule has 3 heterocycles. The van der Waals surface area contributed by atoms with Gasteiger partial charge in [-0.25, -0.2) is 8.42 Å². The van der Waals surface area contributed by atoms with E-state index in [1.807, 2.05) is 0 Å². The molecule has 0 unspecified atom stereocenters. The highest BCUT2D eigenvalue weighted by Gasteiger charge is 2.31. The van der Waals surface area contributed by atoms with Crippen LogP contribution in [-0.2, 0) is 21.0 Å². The third-order valence-electron chi connectivity index (χ3n) is 7.55. The topological polar surface area (TPSA) is 131 Å². The van der Waals surface area contributed by atoms with Gasteiger partial charge in [-0.15, -0.1) is 11.3 Å². The molecule has 10 nitrogen and oxygen atoms in total. The van der Waals surface area contributed by atoms with Crippen molar-refractivity contribution in [3.8, 4) is 23.3 Å². The van der Waals surface area contributed by atoms with Crippen molar-refractivity contribution in [3.05, 3.63) is 97.4 Å². The number of anilines is 1. The number of nitrogens with one attached hydrogen (secondary N) is 1. The van der Waals surface area contributed by atoms with Gasteiger partial charge in [0.2, 0.25) is 16.8 Å². The van der Waals surface area contributed by atoms with E-state index in [4.69, 9.17) is 9.47 Å². The molecule has 242 valence electrons. The van der Waals surface area contributed by atoms with Crippen LogP contribution in [0.1, 0.15) is 30.4 Å². The van der Waals surface area contributed by atoms with Crippen LogP contribution in [0, 0.1) is 11.3 Å². The zero-order valence-corrected chi connectivity index (χ0v) is 26.0. The van der Waals surface area contributed by atoms with Crippen LogP contribution in [0.15, 0.2) is 76.4 Å². The number of thiazole rings is 1. The first kappa shape index (κ1) is 32.0. The smallest absolute Gasteiger partial charge is 0.416 e. The Kier molecular flexibility index (Phi) is 8.66. The molecular weight excluding hydrogens is 658 g/mol. The molecular formula is C32H25F3N4O6S2. The van der Waals surface area contributed by atoms with Crippen LogP contribution in [0.5, 0.6) is 11.5 Å². The number of aromatic nitrogens is 1. The normalized spacial score (nSPS) is 16.1. The Bertz CT molecular complexity index is 2220. The van der Waals surface area contributed by atoms with Crippen LogP contribution in [0.2, 0.25) is 0 Å². The third-order valence-corrected chi connectivity index (χ3v) is 10.5. The molecule has 4 aromatic rings. The lowest BCUT2D eigenvalue weighted by Gasteiger charge is -2.26. The Hall–Kier alpha value is -4.91. The number of amides is 1. The summed E-state index contributed by atoms with van der Waals surface area (Å²) in [4.78, 5) is 27.3. The second-order valence-electron chi connectivity index (χ2n) is 10.7. The summed E-state index contributed by atoms with van der Waals surface area (Å²) in [6.45, 7) is 0.775. The van der Waals surface area contributed by atoms with E-state index in [2.05, 4.69) is 5.32 Å². The second kappa shape index (κ2) is 12.7. The zero-order valence-electron chi connectivity index (χ0n) is 24.4. The van der Waals surface area contributed by atoms with Gasteiger partial charge in [-0.3, -0.25) is 14.2 Å². The minimum Gasteiger partial charge on any atom is -0.454 e. The van der Waals surface area contributed by atoms with Gasteiger partial charge in [0.1, 0.15) is 10.7 Å². The van der Waals surface area contributed by atoms with Gasteiger partial charge in [0, 0.05) is 18.8 Å². The third kappa shape index (κ3) is 6.53. The Morgan fingerprint density at radius 3 is 2.47 bits per heavy atom. The van der Waals surface area contributed by atoms with Crippen molar-refractivity contribution in [2.75, 3.05) is 25.2 Å². The highest BCUT2D eigenvalue weighted by atomic mass is 32.2. The van der Waals surface area contributed by atoms with Gasteiger partial charge in [0.05, 0.1) is 20.7 Å². The van der Waals surface area contributed by atoms with Crippen molar-refractivity contribution >= 4 is 44.6 Å². The minimum atomic E-state index is -4.73. The molecule has 47 heavy (non-hydrogen) atoms. The van der Waals surface area contributed by atoms with Gasteiger partial charge >= 0.3 is 6.18 Å². The van der Waals surface area contributed by atoms with Gasteiger partial charge < -0.3 is 14.8 Å². The number of hydrogen-bond acceptors (Lipinski definition) is 8. The van der Waals surface area contributed by atoms with E-state index in [0.29, 0.717) is 30.2 Å². The van der Waals surface area contributed by atoms with E-state index in [0.717, 1.165) is 53.4 Å². The van der Waals surface area contributed by atoms with E-state index in [1.54, 1.807) is 24.3 Å². The molecule has 15 heteroatoms. The monoisotopic (exact) mass is 682 g/mol. The van der Waals surface area contributed by atoms with Crippen LogP contribution in [0.4, 0.5) is 18.9 Å². The molecule has 2 aliphatic heterocycles. The number of hydrogen-bond donors (Lipinski definition) is 1. The Morgan fingerprint density at radius 2 is 1.72 bits per heavy atom. The highest BCUT2D eigenvalue weighted by molar-refractivity contribution is 7.89. The summed E-state index contributed by atoms with van der Waals surface area (Å²) in [7, 11) is -3.84. The summed E-state index contributed by atoms with van der Waals surface area (Å²) in [5.41, 5.74) is -2.01. The largest absolute Gasteiger partial charge is 0.454 e. The fourth-order valence-electron chi connectivity index (χ4n) is 5.24. The maximum Gasteiger partial charge on any atom is 0.416 e. The Morgan fingerprint density at radius 1 is 0.979 bits per heavy atom. The predicted molar refractivity (Wildman–Crippen MR) is 167 cm³/mol. The molecule has 1 saturated heterocycles. The molecule has 1 aromatic heterocycles. The molecule has 2 aliphatic rings. The quantitative estimate of drug-likeness (QED) is 0.326. The number of benzene rings is 3. The van der Waals surface area contributed by atoms with Crippen LogP contribution < -0.4 is 29.5 Å². The summed E-state index contributed by atoms with van der Waals surface area (Å²) in [5.74, 6) is -0.0569. The van der Waals surface area contributed by atoms with Gasteiger partial charge in [0.25, 0.3) is 11.5 Å². The first-order chi connectivity index (χ1) is 22.5. The highest BCUT2D eigenvalue weighted by Crippen LogP contribution is 2.33. The van der Waals surface area contributed by atoms with Crippen molar-refractivity contribution in [1.82, 2.24) is 8.87 Å². The summed E-state index contributed by atoms with van der Waals surface area (Å²) >= 11 is 0.739. The standard InChI is InChI=1S/C32H25F3N4O6S2/c33-32(34,35)21-6-4-8-23(16-21)39-30(41)28(15-20-10-11-26-27(14-20)45-19-44-26)46-31(39)25(18-36)29(40)37-22-7-5-9-24(17-22)47(42,43)38-12-2-1-3-13-38/h4-11,14-17H,1-3,12-13,19H2,(H,37,40)/b28-15-,31-25+. The predicted octanol–water partition coefficient (Wildman–Crippen LogP) is 3.96. The molecule has 0 saturated carbocycles. The van der Waals surface area contributed by atoms with E-state index in [1.165, 1.54) is 40.7 Å². The average Bonchev–Trinajstić information content (AvgIpc) is 3.65. The molecule has 0 radical (unpaired) electrons. The van der Waals surface area contributed by atoms with Crippen LogP contribution in [0.25, 0.3) is 17.3 Å². The van der Waals surface area contributed by atoms with Crippen LogP contribution >= 0.6 is 11.3 Å². The summed E-state index contributed by atoms with van der Waals surface area (Å²) in [6.07, 6.45) is -0.864. The molecule has 0 bridgehead atoms. The molecule has 1 fully saturated rings. The summed E-state index contributed by atoms with van der Waals surface area (Å²) < 4.78 is 80.1. The molecule has 0 aliphatic carbocycles. The Labute approximate surface area is 270 Å². The van der Waals surface area contributed by atoms with Crippen LogP contribution in [-0.4, -0.2) is 43.1 Å². The van der Waals surface area contributed by atoms with Crippen molar-refractivity contribution < 1.29 is 35.9 Å². The number of alkyl halides is 3. The lowest BCUT2D eigenvalue weighted by molar-refractivity contribution is -0.137. The lowest BCUT2D eigenvalue weighted by atomic mass is 10.2. The summed E-state index contributed by atoms with van der Waals surface area (Å²) in [6, 6.07) is 16.2. The number of sulfonamides is 1. The number of ether oxygens (including phenoxy) is 2. The number of rotatable bonds is 6. The molecule has 3 aromatic carbocycles. The van der Waals surface area contributed by atoms with Crippen molar-refractivity contribution in [3.63, 3.8) is 0 Å². The van der Waals surface area contributed by atoms with Crippen LogP contribution in [0.3, 0.4) is 0 Å². The van der Waals surface area contributed by atoms with Gasteiger partial charge in [-0.1, -0.05) is 24.6 Å². The first-order valence-corrected chi connectivity index (χ1v) is 16.6. The fraction of sp³-hybridized carbons (Fsp3) is 0.219.